The van der Waals surface area contributed by atoms with Gasteiger partial charge in [0, 0.05) is 7.11 Å². The van der Waals surface area contributed by atoms with Crippen LogP contribution in [0, 0.1) is 0 Å². The molecule has 0 amide bonds. The maximum Gasteiger partial charge on any atom is 0.196 e. The summed E-state index contributed by atoms with van der Waals surface area (Å²) >= 11 is 0. The highest BCUT2D eigenvalue weighted by Gasteiger charge is 2.02. The van der Waals surface area contributed by atoms with Crippen LogP contribution in [-0.2, 0) is 4.74 Å². The zero-order valence-electron chi connectivity index (χ0n) is 10.5. The van der Waals surface area contributed by atoms with Crippen LogP contribution in [0.1, 0.15) is 6.92 Å². The molecule has 0 saturated heterocycles. The fourth-order valence-corrected chi connectivity index (χ4v) is 1.45. The molecule has 2 aromatic carbocycles. The predicted molar refractivity (Wildman–Crippen MR) is 70.1 cm³/mol. The number of benzene rings is 2. The van der Waals surface area contributed by atoms with Gasteiger partial charge in [-0.25, -0.2) is 0 Å². The summed E-state index contributed by atoms with van der Waals surface area (Å²) in [4.78, 5) is 0. The lowest BCUT2D eigenvalue weighted by molar-refractivity contribution is -0.0382. The summed E-state index contributed by atoms with van der Waals surface area (Å²) in [6.45, 7) is 1.84. The van der Waals surface area contributed by atoms with Crippen molar-refractivity contribution in [3.05, 3.63) is 54.6 Å². The fourth-order valence-electron chi connectivity index (χ4n) is 1.45. The zero-order chi connectivity index (χ0) is 12.8. The maximum atomic E-state index is 5.68. The molecule has 0 radical (unpaired) electrons. The van der Waals surface area contributed by atoms with Crippen LogP contribution in [-0.4, -0.2) is 13.4 Å². The first-order valence-corrected chi connectivity index (χ1v) is 5.80. The molecule has 1 unspecified atom stereocenters. The van der Waals surface area contributed by atoms with E-state index in [2.05, 4.69) is 0 Å². The second-order valence-corrected chi connectivity index (χ2v) is 3.81. The van der Waals surface area contributed by atoms with Gasteiger partial charge in [0.05, 0.1) is 0 Å². The van der Waals surface area contributed by atoms with E-state index in [9.17, 15) is 0 Å². The third-order valence-electron chi connectivity index (χ3n) is 2.44. The van der Waals surface area contributed by atoms with Gasteiger partial charge in [0.15, 0.2) is 6.29 Å². The van der Waals surface area contributed by atoms with E-state index in [1.165, 1.54) is 0 Å². The summed E-state index contributed by atoms with van der Waals surface area (Å²) in [5, 5.41) is 0. The molecule has 0 aliphatic rings. The first-order valence-electron chi connectivity index (χ1n) is 5.80. The number of hydrogen-bond acceptors (Lipinski definition) is 3. The van der Waals surface area contributed by atoms with Crippen LogP contribution in [0.4, 0.5) is 0 Å². The van der Waals surface area contributed by atoms with Gasteiger partial charge >= 0.3 is 0 Å². The highest BCUT2D eigenvalue weighted by Crippen LogP contribution is 2.23. The summed E-state index contributed by atoms with van der Waals surface area (Å²) in [5.41, 5.74) is 0. The number of ether oxygens (including phenoxy) is 3. The Labute approximate surface area is 107 Å². The quantitative estimate of drug-likeness (QED) is 0.748. The Kier molecular flexibility index (Phi) is 4.20. The first-order chi connectivity index (χ1) is 8.78. The van der Waals surface area contributed by atoms with E-state index in [1.54, 1.807) is 7.11 Å². The molecular weight excluding hydrogens is 228 g/mol. The smallest absolute Gasteiger partial charge is 0.196 e. The van der Waals surface area contributed by atoms with Crippen molar-refractivity contribution in [1.29, 1.82) is 0 Å². The first kappa shape index (κ1) is 12.5. The highest BCUT2D eigenvalue weighted by atomic mass is 16.7. The van der Waals surface area contributed by atoms with Gasteiger partial charge in [-0.1, -0.05) is 18.2 Å². The van der Waals surface area contributed by atoms with E-state index < -0.39 is 0 Å². The van der Waals surface area contributed by atoms with Gasteiger partial charge in [-0.3, -0.25) is 0 Å². The summed E-state index contributed by atoms with van der Waals surface area (Å²) in [7, 11) is 1.61. The van der Waals surface area contributed by atoms with Crippen molar-refractivity contribution in [3.63, 3.8) is 0 Å². The molecule has 2 rings (SSSR count). The van der Waals surface area contributed by atoms with Crippen LogP contribution in [0.25, 0.3) is 0 Å². The average Bonchev–Trinajstić information content (AvgIpc) is 2.42. The Morgan fingerprint density at radius 2 is 1.33 bits per heavy atom. The lowest BCUT2D eigenvalue weighted by Gasteiger charge is -2.13. The van der Waals surface area contributed by atoms with Crippen LogP contribution in [0.5, 0.6) is 17.2 Å². The zero-order valence-corrected chi connectivity index (χ0v) is 10.5. The van der Waals surface area contributed by atoms with Crippen LogP contribution in [0.15, 0.2) is 54.6 Å². The fraction of sp³-hybridized carbons (Fsp3) is 0.200. The van der Waals surface area contributed by atoms with Crippen LogP contribution in [0.3, 0.4) is 0 Å². The topological polar surface area (TPSA) is 27.7 Å². The van der Waals surface area contributed by atoms with Crippen molar-refractivity contribution in [2.75, 3.05) is 7.11 Å². The van der Waals surface area contributed by atoms with Crippen molar-refractivity contribution in [2.24, 2.45) is 0 Å². The molecule has 2 aromatic rings. The molecule has 3 nitrogen and oxygen atoms in total. The Morgan fingerprint density at radius 3 is 1.94 bits per heavy atom. The van der Waals surface area contributed by atoms with Crippen molar-refractivity contribution in [2.45, 2.75) is 13.2 Å². The summed E-state index contributed by atoms with van der Waals surface area (Å²) in [6, 6.07) is 17.1. The minimum atomic E-state index is -0.258. The van der Waals surface area contributed by atoms with E-state index in [4.69, 9.17) is 14.2 Å². The Morgan fingerprint density at radius 1 is 0.778 bits per heavy atom. The van der Waals surface area contributed by atoms with Gasteiger partial charge in [-0.15, -0.1) is 0 Å². The summed E-state index contributed by atoms with van der Waals surface area (Å²) in [5.74, 6) is 2.35. The molecular formula is C15H16O3. The standard InChI is InChI=1S/C15H16O3/c1-12(16-2)17-14-8-10-15(11-9-14)18-13-6-4-3-5-7-13/h3-12H,1-2H3. The van der Waals surface area contributed by atoms with Crippen molar-refractivity contribution >= 4 is 0 Å². The van der Waals surface area contributed by atoms with Gasteiger partial charge in [0.1, 0.15) is 17.2 Å². The molecule has 94 valence electrons. The molecule has 0 bridgehead atoms. The molecule has 0 aliphatic heterocycles. The monoisotopic (exact) mass is 244 g/mol. The van der Waals surface area contributed by atoms with Gasteiger partial charge < -0.3 is 14.2 Å². The number of rotatable bonds is 5. The summed E-state index contributed by atoms with van der Waals surface area (Å²) in [6.07, 6.45) is -0.258. The molecule has 3 heteroatoms. The largest absolute Gasteiger partial charge is 0.465 e. The van der Waals surface area contributed by atoms with E-state index in [-0.39, 0.29) is 6.29 Å². The molecule has 0 aliphatic carbocycles. The van der Waals surface area contributed by atoms with Crippen LogP contribution >= 0.6 is 0 Å². The molecule has 0 fully saturated rings. The Balaban J connectivity index is 2.00. The molecule has 0 heterocycles. The van der Waals surface area contributed by atoms with Gasteiger partial charge in [0.2, 0.25) is 0 Å². The molecule has 0 spiro atoms. The minimum absolute atomic E-state index is 0.258. The predicted octanol–water partition coefficient (Wildman–Crippen LogP) is 3.85. The third kappa shape index (κ3) is 3.50. The highest BCUT2D eigenvalue weighted by molar-refractivity contribution is 5.35. The van der Waals surface area contributed by atoms with Crippen LogP contribution in [0.2, 0.25) is 0 Å². The second kappa shape index (κ2) is 6.07. The Bertz CT molecular complexity index is 465. The van der Waals surface area contributed by atoms with Gasteiger partial charge in [-0.2, -0.15) is 0 Å². The second-order valence-electron chi connectivity index (χ2n) is 3.81. The van der Waals surface area contributed by atoms with E-state index >= 15 is 0 Å². The molecule has 0 saturated carbocycles. The van der Waals surface area contributed by atoms with E-state index in [0.717, 1.165) is 17.2 Å². The van der Waals surface area contributed by atoms with Gasteiger partial charge in [0.25, 0.3) is 0 Å². The molecule has 0 N–H and O–H groups in total. The molecule has 0 aromatic heterocycles. The number of para-hydroxylation sites is 1. The van der Waals surface area contributed by atoms with Crippen LogP contribution < -0.4 is 9.47 Å². The summed E-state index contributed by atoms with van der Waals surface area (Å²) < 4.78 is 16.2. The van der Waals surface area contributed by atoms with Gasteiger partial charge in [-0.05, 0) is 43.3 Å². The lowest BCUT2D eigenvalue weighted by Crippen LogP contribution is -2.13. The molecule has 1 atom stereocenters. The van der Waals surface area contributed by atoms with Crippen molar-refractivity contribution < 1.29 is 14.2 Å². The Hall–Kier alpha value is -2.00. The number of hydrogen-bond donors (Lipinski definition) is 0. The van der Waals surface area contributed by atoms with E-state index in [0.29, 0.717) is 0 Å². The average molecular weight is 244 g/mol. The normalized spacial score (nSPS) is 11.9. The van der Waals surface area contributed by atoms with E-state index in [1.807, 2.05) is 61.5 Å². The minimum Gasteiger partial charge on any atom is -0.465 e. The number of methoxy groups -OCH3 is 1. The maximum absolute atomic E-state index is 5.68. The third-order valence-corrected chi connectivity index (χ3v) is 2.44. The molecule has 18 heavy (non-hydrogen) atoms. The SMILES string of the molecule is COC(C)Oc1ccc(Oc2ccccc2)cc1. The van der Waals surface area contributed by atoms with Crippen molar-refractivity contribution in [1.82, 2.24) is 0 Å². The lowest BCUT2D eigenvalue weighted by atomic mass is 10.3. The van der Waals surface area contributed by atoms with Crippen molar-refractivity contribution in [3.8, 4) is 17.2 Å².